The van der Waals surface area contributed by atoms with Crippen molar-refractivity contribution in [3.05, 3.63) is 0 Å². The molecule has 0 unspecified atom stereocenters. The number of carbonyl (C=O) groups is 2. The molecular formula is C13H23NO4S. The number of nitrogens with zero attached hydrogens (tertiary/aromatic N) is 1. The van der Waals surface area contributed by atoms with Crippen LogP contribution in [0.3, 0.4) is 0 Å². The zero-order valence-corrected chi connectivity index (χ0v) is 12.3. The summed E-state index contributed by atoms with van der Waals surface area (Å²) < 4.78 is 4.85. The Morgan fingerprint density at radius 2 is 2.16 bits per heavy atom. The molecule has 1 fully saturated rings. The van der Waals surface area contributed by atoms with E-state index >= 15 is 0 Å². The van der Waals surface area contributed by atoms with Gasteiger partial charge in [0, 0.05) is 18.7 Å². The van der Waals surface area contributed by atoms with E-state index in [4.69, 9.17) is 9.84 Å². The van der Waals surface area contributed by atoms with E-state index in [1.807, 2.05) is 0 Å². The summed E-state index contributed by atoms with van der Waals surface area (Å²) in [5.41, 5.74) is 0. The smallest absolute Gasteiger partial charge is 0.305 e. The molecule has 0 radical (unpaired) electrons. The van der Waals surface area contributed by atoms with Crippen molar-refractivity contribution in [1.29, 1.82) is 0 Å². The molecule has 5 nitrogen and oxygen atoms in total. The highest BCUT2D eigenvalue weighted by Gasteiger charge is 2.30. The Hall–Kier alpha value is -0.750. The van der Waals surface area contributed by atoms with Crippen LogP contribution in [0.5, 0.6) is 0 Å². The average molecular weight is 289 g/mol. The lowest BCUT2D eigenvalue weighted by Crippen LogP contribution is -2.36. The van der Waals surface area contributed by atoms with Gasteiger partial charge in [0.15, 0.2) is 0 Å². The van der Waals surface area contributed by atoms with Crippen LogP contribution in [0.4, 0.5) is 4.79 Å². The number of unbranched alkanes of at least 4 members (excludes halogenated alkanes) is 3. The summed E-state index contributed by atoms with van der Waals surface area (Å²) in [6, 6.07) is -0.0166. The zero-order chi connectivity index (χ0) is 14.1. The molecule has 1 rings (SSSR count). The van der Waals surface area contributed by atoms with E-state index < -0.39 is 0 Å². The molecule has 1 amide bonds. The van der Waals surface area contributed by atoms with Crippen molar-refractivity contribution in [2.45, 2.75) is 45.1 Å². The van der Waals surface area contributed by atoms with Crippen LogP contribution in [-0.2, 0) is 9.53 Å². The third kappa shape index (κ3) is 5.82. The maximum absolute atomic E-state index is 11.5. The number of amides is 1. The third-order valence-electron chi connectivity index (χ3n) is 3.12. The number of carbonyl (C=O) groups excluding carboxylic acids is 2. The molecule has 0 aromatic rings. The van der Waals surface area contributed by atoms with Crippen LogP contribution in [0.2, 0.25) is 0 Å². The molecule has 1 heterocycles. The predicted octanol–water partition coefficient (Wildman–Crippen LogP) is 2.03. The molecule has 0 bridgehead atoms. The SMILES string of the molecule is CCOC(=O)CCCCCCN1C(=O)SC[C@@H]1CO. The van der Waals surface area contributed by atoms with E-state index in [-0.39, 0.29) is 23.9 Å². The summed E-state index contributed by atoms with van der Waals surface area (Å²) in [6.45, 7) is 2.99. The minimum absolute atomic E-state index is 0.0166. The molecule has 0 saturated carbocycles. The minimum Gasteiger partial charge on any atom is -0.466 e. The zero-order valence-electron chi connectivity index (χ0n) is 11.5. The molecule has 6 heteroatoms. The van der Waals surface area contributed by atoms with Gasteiger partial charge in [0.1, 0.15) is 0 Å². The fraction of sp³-hybridized carbons (Fsp3) is 0.846. The number of aliphatic hydroxyl groups excluding tert-OH is 1. The van der Waals surface area contributed by atoms with Crippen molar-refractivity contribution in [1.82, 2.24) is 4.90 Å². The summed E-state index contributed by atoms with van der Waals surface area (Å²) in [4.78, 5) is 24.4. The molecule has 19 heavy (non-hydrogen) atoms. The largest absolute Gasteiger partial charge is 0.466 e. The fourth-order valence-electron chi connectivity index (χ4n) is 2.05. The number of hydrogen-bond acceptors (Lipinski definition) is 5. The lowest BCUT2D eigenvalue weighted by atomic mass is 10.1. The Morgan fingerprint density at radius 3 is 2.84 bits per heavy atom. The summed E-state index contributed by atoms with van der Waals surface area (Å²) in [5, 5.41) is 9.22. The van der Waals surface area contributed by atoms with Crippen molar-refractivity contribution in [2.24, 2.45) is 0 Å². The van der Waals surface area contributed by atoms with Crippen LogP contribution in [0.15, 0.2) is 0 Å². The van der Waals surface area contributed by atoms with Crippen molar-refractivity contribution >= 4 is 23.0 Å². The van der Waals surface area contributed by atoms with Crippen LogP contribution in [0.25, 0.3) is 0 Å². The molecule has 1 atom stereocenters. The highest BCUT2D eigenvalue weighted by atomic mass is 32.2. The van der Waals surface area contributed by atoms with Gasteiger partial charge in [0.25, 0.3) is 5.24 Å². The molecule has 0 spiro atoms. The third-order valence-corrected chi connectivity index (χ3v) is 4.15. The van der Waals surface area contributed by atoms with Crippen LogP contribution in [0, 0.1) is 0 Å². The number of ether oxygens (including phenoxy) is 1. The molecule has 1 aliphatic rings. The second kappa shape index (κ2) is 9.20. The number of hydrogen-bond donors (Lipinski definition) is 1. The predicted molar refractivity (Wildman–Crippen MR) is 75.2 cm³/mol. The Morgan fingerprint density at radius 1 is 1.42 bits per heavy atom. The molecule has 1 aliphatic heterocycles. The summed E-state index contributed by atoms with van der Waals surface area (Å²) >= 11 is 1.28. The van der Waals surface area contributed by atoms with Gasteiger partial charge in [-0.15, -0.1) is 0 Å². The monoisotopic (exact) mass is 289 g/mol. The van der Waals surface area contributed by atoms with Crippen molar-refractivity contribution in [3.8, 4) is 0 Å². The van der Waals surface area contributed by atoms with Crippen LogP contribution >= 0.6 is 11.8 Å². The van der Waals surface area contributed by atoms with Gasteiger partial charge in [0.2, 0.25) is 0 Å². The first-order chi connectivity index (χ1) is 9.19. The molecular weight excluding hydrogens is 266 g/mol. The van der Waals surface area contributed by atoms with Gasteiger partial charge < -0.3 is 14.7 Å². The topological polar surface area (TPSA) is 66.8 Å². The first kappa shape index (κ1) is 16.3. The van der Waals surface area contributed by atoms with E-state index in [2.05, 4.69) is 0 Å². The second-order valence-electron chi connectivity index (χ2n) is 4.58. The fourth-order valence-corrected chi connectivity index (χ4v) is 3.08. The second-order valence-corrected chi connectivity index (χ2v) is 5.55. The normalized spacial score (nSPS) is 18.9. The Bertz CT molecular complexity index is 298. The highest BCUT2D eigenvalue weighted by Crippen LogP contribution is 2.24. The van der Waals surface area contributed by atoms with Gasteiger partial charge in [-0.3, -0.25) is 9.59 Å². The molecule has 110 valence electrons. The van der Waals surface area contributed by atoms with E-state index in [1.165, 1.54) is 11.8 Å². The number of esters is 1. The molecule has 0 aromatic heterocycles. The van der Waals surface area contributed by atoms with Crippen LogP contribution in [-0.4, -0.2) is 52.8 Å². The maximum atomic E-state index is 11.5. The maximum Gasteiger partial charge on any atom is 0.305 e. The van der Waals surface area contributed by atoms with Gasteiger partial charge in [-0.2, -0.15) is 0 Å². The van der Waals surface area contributed by atoms with Gasteiger partial charge in [-0.05, 0) is 19.8 Å². The van der Waals surface area contributed by atoms with Crippen molar-refractivity contribution in [2.75, 3.05) is 25.5 Å². The summed E-state index contributed by atoms with van der Waals surface area (Å²) in [7, 11) is 0. The lowest BCUT2D eigenvalue weighted by Gasteiger charge is -2.21. The van der Waals surface area contributed by atoms with Crippen molar-refractivity contribution in [3.63, 3.8) is 0 Å². The molecule has 1 saturated heterocycles. The van der Waals surface area contributed by atoms with Crippen LogP contribution < -0.4 is 0 Å². The van der Waals surface area contributed by atoms with Gasteiger partial charge in [0.05, 0.1) is 19.3 Å². The first-order valence-electron chi connectivity index (χ1n) is 6.89. The van der Waals surface area contributed by atoms with Gasteiger partial charge in [-0.1, -0.05) is 24.6 Å². The number of thioether (sulfide) groups is 1. The van der Waals surface area contributed by atoms with E-state index in [9.17, 15) is 9.59 Å². The molecule has 0 aliphatic carbocycles. The first-order valence-corrected chi connectivity index (χ1v) is 7.87. The van der Waals surface area contributed by atoms with Gasteiger partial charge >= 0.3 is 5.97 Å². The number of aliphatic hydroxyl groups is 1. The van der Waals surface area contributed by atoms with E-state index in [1.54, 1.807) is 11.8 Å². The summed E-state index contributed by atoms with van der Waals surface area (Å²) in [5.74, 6) is 0.562. The van der Waals surface area contributed by atoms with Gasteiger partial charge in [-0.25, -0.2) is 0 Å². The Kier molecular flexibility index (Phi) is 7.90. The Balaban J connectivity index is 2.04. The van der Waals surface area contributed by atoms with Crippen molar-refractivity contribution < 1.29 is 19.4 Å². The Labute approximate surface area is 118 Å². The standard InChI is InChI=1S/C13H23NO4S/c1-2-18-12(16)7-5-3-4-6-8-14-11(9-15)10-19-13(14)17/h11,15H,2-10H2,1H3/t11-/m0/s1. The summed E-state index contributed by atoms with van der Waals surface area (Å²) in [6.07, 6.45) is 4.20. The highest BCUT2D eigenvalue weighted by molar-refractivity contribution is 8.13. The molecule has 1 N–H and O–H groups in total. The number of rotatable bonds is 9. The quantitative estimate of drug-likeness (QED) is 0.519. The average Bonchev–Trinajstić information content (AvgIpc) is 2.75. The minimum atomic E-state index is -0.131. The lowest BCUT2D eigenvalue weighted by molar-refractivity contribution is -0.143. The van der Waals surface area contributed by atoms with E-state index in [0.717, 1.165) is 25.7 Å². The van der Waals surface area contributed by atoms with Crippen LogP contribution in [0.1, 0.15) is 39.0 Å². The molecule has 0 aromatic carbocycles. The van der Waals surface area contributed by atoms with E-state index in [0.29, 0.717) is 25.3 Å².